The van der Waals surface area contributed by atoms with Gasteiger partial charge in [0, 0.05) is 18.2 Å². The summed E-state index contributed by atoms with van der Waals surface area (Å²) in [6, 6.07) is 11.7. The molecule has 146 valence electrons. The predicted octanol–water partition coefficient (Wildman–Crippen LogP) is 3.89. The van der Waals surface area contributed by atoms with Crippen molar-refractivity contribution in [3.05, 3.63) is 47.5 Å². The second-order valence-corrected chi connectivity index (χ2v) is 6.17. The highest BCUT2D eigenvalue weighted by molar-refractivity contribution is 14.0. The van der Waals surface area contributed by atoms with Crippen LogP contribution in [-0.4, -0.2) is 32.3 Å². The molecule has 3 N–H and O–H groups in total. The van der Waals surface area contributed by atoms with E-state index in [1.54, 1.807) is 0 Å². The van der Waals surface area contributed by atoms with Gasteiger partial charge < -0.3 is 25.3 Å². The summed E-state index contributed by atoms with van der Waals surface area (Å²) in [4.78, 5) is 4.31. The fraction of sp³-hybridized carbons (Fsp3) is 0.350. The first-order valence-electron chi connectivity index (χ1n) is 8.79. The first-order chi connectivity index (χ1) is 12.6. The lowest BCUT2D eigenvalue weighted by atomic mass is 10.1. The van der Waals surface area contributed by atoms with Crippen molar-refractivity contribution in [2.45, 2.75) is 20.3 Å². The van der Waals surface area contributed by atoms with Crippen molar-refractivity contribution >= 4 is 35.6 Å². The molecule has 0 fully saturated rings. The molecule has 2 aromatic carbocycles. The number of halogens is 1. The van der Waals surface area contributed by atoms with E-state index in [1.807, 2.05) is 50.2 Å². The van der Waals surface area contributed by atoms with Crippen LogP contribution < -0.4 is 25.3 Å². The highest BCUT2D eigenvalue weighted by atomic mass is 127. The fourth-order valence-corrected chi connectivity index (χ4v) is 2.77. The van der Waals surface area contributed by atoms with Crippen LogP contribution in [0.1, 0.15) is 17.5 Å². The number of nitrogens with two attached hydrogens (primary N) is 1. The molecule has 0 aliphatic carbocycles. The maximum Gasteiger partial charge on any atom is 0.193 e. The van der Waals surface area contributed by atoms with Gasteiger partial charge in [0.15, 0.2) is 17.5 Å². The number of fused-ring (bicyclic) bond motifs is 1. The molecule has 0 amide bonds. The van der Waals surface area contributed by atoms with Crippen LogP contribution in [0.2, 0.25) is 0 Å². The summed E-state index contributed by atoms with van der Waals surface area (Å²) >= 11 is 0. The number of hydrogen-bond acceptors (Lipinski definition) is 4. The Morgan fingerprint density at radius 2 is 1.81 bits per heavy atom. The van der Waals surface area contributed by atoms with Crippen LogP contribution in [0.3, 0.4) is 0 Å². The molecule has 1 aliphatic rings. The zero-order chi connectivity index (χ0) is 18.4. The van der Waals surface area contributed by atoms with E-state index in [1.165, 1.54) is 0 Å². The SMILES string of the molecule is Cc1cccc(C)c1OCCN=C(N)Nc1ccc2c(c1)OCCCO2.I. The summed E-state index contributed by atoms with van der Waals surface area (Å²) in [5.41, 5.74) is 9.01. The first kappa shape index (κ1) is 21.1. The molecule has 0 aromatic heterocycles. The molecule has 0 saturated heterocycles. The highest BCUT2D eigenvalue weighted by Gasteiger charge is 2.10. The van der Waals surface area contributed by atoms with Crippen molar-refractivity contribution in [3.8, 4) is 17.2 Å². The largest absolute Gasteiger partial charge is 0.491 e. The zero-order valence-corrected chi connectivity index (χ0v) is 18.0. The van der Waals surface area contributed by atoms with Gasteiger partial charge >= 0.3 is 0 Å². The molecule has 1 heterocycles. The van der Waals surface area contributed by atoms with Crippen LogP contribution in [0, 0.1) is 13.8 Å². The van der Waals surface area contributed by atoms with Crippen LogP contribution in [-0.2, 0) is 0 Å². The normalized spacial score (nSPS) is 13.3. The van der Waals surface area contributed by atoms with Gasteiger partial charge in [0.2, 0.25) is 0 Å². The second-order valence-electron chi connectivity index (χ2n) is 6.17. The topological polar surface area (TPSA) is 78.1 Å². The molecule has 0 saturated carbocycles. The van der Waals surface area contributed by atoms with Crippen LogP contribution in [0.15, 0.2) is 41.4 Å². The van der Waals surface area contributed by atoms with E-state index in [0.29, 0.717) is 32.3 Å². The van der Waals surface area contributed by atoms with Gasteiger partial charge in [-0.25, -0.2) is 4.99 Å². The lowest BCUT2D eigenvalue weighted by Gasteiger charge is -2.12. The van der Waals surface area contributed by atoms with E-state index in [0.717, 1.165) is 40.5 Å². The monoisotopic (exact) mass is 483 g/mol. The zero-order valence-electron chi connectivity index (χ0n) is 15.7. The third kappa shape index (κ3) is 5.92. The van der Waals surface area contributed by atoms with E-state index >= 15 is 0 Å². The number of nitrogens with one attached hydrogen (secondary N) is 1. The molecule has 0 atom stereocenters. The van der Waals surface area contributed by atoms with E-state index in [4.69, 9.17) is 19.9 Å². The third-order valence-corrected chi connectivity index (χ3v) is 4.05. The fourth-order valence-electron chi connectivity index (χ4n) is 2.77. The molecule has 7 heteroatoms. The van der Waals surface area contributed by atoms with Gasteiger partial charge in [0.1, 0.15) is 12.4 Å². The van der Waals surface area contributed by atoms with E-state index in [-0.39, 0.29) is 24.0 Å². The number of hydrogen-bond donors (Lipinski definition) is 2. The maximum absolute atomic E-state index is 5.96. The van der Waals surface area contributed by atoms with Gasteiger partial charge in [0.05, 0.1) is 19.8 Å². The molecular formula is C20H26IN3O3. The summed E-state index contributed by atoms with van der Waals surface area (Å²) < 4.78 is 17.1. The van der Waals surface area contributed by atoms with E-state index < -0.39 is 0 Å². The smallest absolute Gasteiger partial charge is 0.193 e. The van der Waals surface area contributed by atoms with Gasteiger partial charge in [-0.3, -0.25) is 0 Å². The first-order valence-corrected chi connectivity index (χ1v) is 8.79. The van der Waals surface area contributed by atoms with Gasteiger partial charge in [-0.1, -0.05) is 18.2 Å². The van der Waals surface area contributed by atoms with Crippen molar-refractivity contribution < 1.29 is 14.2 Å². The average Bonchev–Trinajstić information content (AvgIpc) is 2.85. The molecule has 0 spiro atoms. The van der Waals surface area contributed by atoms with E-state index in [2.05, 4.69) is 10.3 Å². The Morgan fingerprint density at radius 3 is 2.56 bits per heavy atom. The van der Waals surface area contributed by atoms with Gasteiger partial charge in [-0.15, -0.1) is 24.0 Å². The van der Waals surface area contributed by atoms with Crippen LogP contribution >= 0.6 is 24.0 Å². The minimum atomic E-state index is 0. The highest BCUT2D eigenvalue weighted by Crippen LogP contribution is 2.32. The second kappa shape index (κ2) is 10.2. The Morgan fingerprint density at radius 1 is 1.11 bits per heavy atom. The number of aryl methyl sites for hydroxylation is 2. The summed E-state index contributed by atoms with van der Waals surface area (Å²) in [6.07, 6.45) is 0.876. The van der Waals surface area contributed by atoms with Crippen LogP contribution in [0.25, 0.3) is 0 Å². The van der Waals surface area contributed by atoms with Crippen molar-refractivity contribution in [1.82, 2.24) is 0 Å². The molecule has 2 aromatic rings. The maximum atomic E-state index is 5.96. The Hall–Kier alpha value is -2.16. The Kier molecular flexibility index (Phi) is 8.02. The summed E-state index contributed by atoms with van der Waals surface area (Å²) in [7, 11) is 0. The number of aliphatic imine (C=N–C) groups is 1. The number of guanidine groups is 1. The predicted molar refractivity (Wildman–Crippen MR) is 119 cm³/mol. The molecule has 0 radical (unpaired) electrons. The number of para-hydroxylation sites is 1. The molecule has 3 rings (SSSR count). The summed E-state index contributed by atoms with van der Waals surface area (Å²) in [5.74, 6) is 2.73. The van der Waals surface area contributed by atoms with Crippen molar-refractivity contribution in [2.24, 2.45) is 10.7 Å². The average molecular weight is 483 g/mol. The molecule has 0 bridgehead atoms. The van der Waals surface area contributed by atoms with Gasteiger partial charge in [-0.2, -0.15) is 0 Å². The summed E-state index contributed by atoms with van der Waals surface area (Å²) in [6.45, 7) is 6.32. The number of nitrogens with zero attached hydrogens (tertiary/aromatic N) is 1. The lowest BCUT2D eigenvalue weighted by Crippen LogP contribution is -2.23. The van der Waals surface area contributed by atoms with Gasteiger partial charge in [-0.05, 0) is 37.1 Å². The molecule has 0 unspecified atom stereocenters. The quantitative estimate of drug-likeness (QED) is 0.292. The number of anilines is 1. The van der Waals surface area contributed by atoms with Crippen molar-refractivity contribution in [3.63, 3.8) is 0 Å². The Labute approximate surface area is 177 Å². The van der Waals surface area contributed by atoms with Crippen LogP contribution in [0.4, 0.5) is 5.69 Å². The van der Waals surface area contributed by atoms with E-state index in [9.17, 15) is 0 Å². The molecule has 27 heavy (non-hydrogen) atoms. The van der Waals surface area contributed by atoms with Crippen molar-refractivity contribution in [1.29, 1.82) is 0 Å². The molecular weight excluding hydrogens is 457 g/mol. The lowest BCUT2D eigenvalue weighted by molar-refractivity contribution is 0.297. The molecule has 1 aliphatic heterocycles. The minimum Gasteiger partial charge on any atom is -0.491 e. The third-order valence-electron chi connectivity index (χ3n) is 4.05. The van der Waals surface area contributed by atoms with Crippen LogP contribution in [0.5, 0.6) is 17.2 Å². The molecule has 6 nitrogen and oxygen atoms in total. The standard InChI is InChI=1S/C20H25N3O3.HI/c1-14-5-3-6-15(2)19(14)26-12-9-22-20(21)23-16-7-8-17-18(13-16)25-11-4-10-24-17;/h3,5-8,13H,4,9-12H2,1-2H3,(H3,21,22,23);1H. The number of rotatable bonds is 5. The Bertz CT molecular complexity index is 776. The van der Waals surface area contributed by atoms with Gasteiger partial charge in [0.25, 0.3) is 0 Å². The summed E-state index contributed by atoms with van der Waals surface area (Å²) in [5, 5.41) is 3.07. The van der Waals surface area contributed by atoms with Crippen molar-refractivity contribution in [2.75, 3.05) is 31.7 Å². The minimum absolute atomic E-state index is 0. The Balaban J connectivity index is 0.00000261. The number of benzene rings is 2. The number of ether oxygens (including phenoxy) is 3.